The Bertz CT molecular complexity index is 884. The van der Waals surface area contributed by atoms with Gasteiger partial charge in [-0.15, -0.1) is 6.58 Å². The summed E-state index contributed by atoms with van der Waals surface area (Å²) in [7, 11) is -4.37. The van der Waals surface area contributed by atoms with Crippen molar-refractivity contribution in [3.8, 4) is 0 Å². The molecule has 0 aliphatic carbocycles. The Morgan fingerprint density at radius 2 is 1.06 bits per heavy atom. The molecule has 1 unspecified atom stereocenters. The minimum absolute atomic E-state index is 0.0533. The van der Waals surface area contributed by atoms with Crippen molar-refractivity contribution in [3.05, 3.63) is 24.8 Å². The minimum atomic E-state index is -4.37. The molecule has 0 aromatic heterocycles. The zero-order valence-corrected chi connectivity index (χ0v) is 33.6. The van der Waals surface area contributed by atoms with Gasteiger partial charge in [0.1, 0.15) is 6.61 Å². The number of phosphoric acid groups is 1. The second-order valence-electron chi connectivity index (χ2n) is 13.9. The maximum Gasteiger partial charge on any atom is 0.472 e. The fourth-order valence-corrected chi connectivity index (χ4v) is 6.61. The number of ether oxygens (including phenoxy) is 2. The SMILES string of the molecule is C=CCCCCCCCCCCCCCCCC(=O)OC[C@H](COP(=O)(O)OCCN)OC(=O)CCCCCCCCC/C=C/CCCCCC. The van der Waals surface area contributed by atoms with Crippen LogP contribution in [0.4, 0.5) is 0 Å². The second kappa shape index (κ2) is 38.2. The van der Waals surface area contributed by atoms with E-state index < -0.39 is 26.5 Å². The average molecular weight is 744 g/mol. The Kier molecular flexibility index (Phi) is 37.1. The largest absolute Gasteiger partial charge is 0.472 e. The van der Waals surface area contributed by atoms with Crippen molar-refractivity contribution in [1.29, 1.82) is 0 Å². The van der Waals surface area contributed by atoms with Gasteiger partial charge in [-0.3, -0.25) is 18.6 Å². The van der Waals surface area contributed by atoms with Gasteiger partial charge in [0, 0.05) is 19.4 Å². The topological polar surface area (TPSA) is 134 Å². The molecular weight excluding hydrogens is 665 g/mol. The molecule has 0 saturated carbocycles. The summed E-state index contributed by atoms with van der Waals surface area (Å²) in [5.74, 6) is -0.832. The van der Waals surface area contributed by atoms with E-state index in [0.717, 1.165) is 51.4 Å². The molecule has 0 aliphatic rings. The summed E-state index contributed by atoms with van der Waals surface area (Å²) in [6.07, 6.45) is 38.1. The molecule has 0 aromatic rings. The third kappa shape index (κ3) is 38.0. The Hall–Kier alpha value is -1.51. The van der Waals surface area contributed by atoms with E-state index in [2.05, 4.69) is 25.7 Å². The van der Waals surface area contributed by atoms with Crippen LogP contribution in [-0.4, -0.2) is 49.3 Å². The van der Waals surface area contributed by atoms with Crippen LogP contribution in [0.15, 0.2) is 24.8 Å². The number of allylic oxidation sites excluding steroid dienone is 3. The molecule has 3 N–H and O–H groups in total. The monoisotopic (exact) mass is 744 g/mol. The van der Waals surface area contributed by atoms with E-state index in [1.165, 1.54) is 116 Å². The molecule has 0 bridgehead atoms. The summed E-state index contributed by atoms with van der Waals surface area (Å²) in [5, 5.41) is 0. The molecule has 0 fully saturated rings. The van der Waals surface area contributed by atoms with Gasteiger partial charge in [-0.2, -0.15) is 0 Å². The Morgan fingerprint density at radius 3 is 1.53 bits per heavy atom. The molecule has 0 saturated heterocycles. The molecule has 0 aliphatic heterocycles. The van der Waals surface area contributed by atoms with Crippen molar-refractivity contribution in [2.24, 2.45) is 5.73 Å². The van der Waals surface area contributed by atoms with Crippen LogP contribution >= 0.6 is 7.82 Å². The number of rotatable bonds is 40. The summed E-state index contributed by atoms with van der Waals surface area (Å²) >= 11 is 0. The van der Waals surface area contributed by atoms with Gasteiger partial charge in [0.05, 0.1) is 13.2 Å². The summed E-state index contributed by atoms with van der Waals surface area (Å²) in [6, 6.07) is 0. The molecule has 9 nitrogen and oxygen atoms in total. The number of nitrogens with two attached hydrogens (primary N) is 1. The molecule has 10 heteroatoms. The fourth-order valence-electron chi connectivity index (χ4n) is 5.84. The zero-order chi connectivity index (χ0) is 37.5. The highest BCUT2D eigenvalue weighted by Gasteiger charge is 2.26. The van der Waals surface area contributed by atoms with Crippen LogP contribution in [0.5, 0.6) is 0 Å². The maximum atomic E-state index is 12.6. The molecule has 0 spiro atoms. The van der Waals surface area contributed by atoms with Gasteiger partial charge in [-0.05, 0) is 51.4 Å². The van der Waals surface area contributed by atoms with Crippen LogP contribution in [0.3, 0.4) is 0 Å². The fraction of sp³-hybridized carbons (Fsp3) is 0.854. The van der Waals surface area contributed by atoms with E-state index in [0.29, 0.717) is 6.42 Å². The van der Waals surface area contributed by atoms with Crippen molar-refractivity contribution in [3.63, 3.8) is 0 Å². The molecule has 0 heterocycles. The van der Waals surface area contributed by atoms with Crippen LogP contribution in [0.1, 0.15) is 193 Å². The molecule has 51 heavy (non-hydrogen) atoms. The van der Waals surface area contributed by atoms with E-state index in [4.69, 9.17) is 24.3 Å². The molecule has 0 rings (SSSR count). The number of hydrogen-bond acceptors (Lipinski definition) is 8. The van der Waals surface area contributed by atoms with Gasteiger partial charge in [0.25, 0.3) is 0 Å². The highest BCUT2D eigenvalue weighted by molar-refractivity contribution is 7.47. The lowest BCUT2D eigenvalue weighted by atomic mass is 10.0. The van der Waals surface area contributed by atoms with Crippen LogP contribution in [0.25, 0.3) is 0 Å². The van der Waals surface area contributed by atoms with Crippen molar-refractivity contribution in [1.82, 2.24) is 0 Å². The molecular formula is C41H78NO8P. The third-order valence-corrected chi connectivity index (χ3v) is 9.94. The van der Waals surface area contributed by atoms with Gasteiger partial charge in [-0.1, -0.05) is 147 Å². The molecule has 0 aromatic carbocycles. The number of phosphoric ester groups is 1. The predicted molar refractivity (Wildman–Crippen MR) is 211 cm³/mol. The number of hydrogen-bond donors (Lipinski definition) is 2. The summed E-state index contributed by atoms with van der Waals surface area (Å²) in [5.41, 5.74) is 5.34. The van der Waals surface area contributed by atoms with Crippen molar-refractivity contribution >= 4 is 19.8 Å². The van der Waals surface area contributed by atoms with Crippen LogP contribution in [0.2, 0.25) is 0 Å². The zero-order valence-electron chi connectivity index (χ0n) is 32.7. The van der Waals surface area contributed by atoms with Gasteiger partial charge < -0.3 is 20.1 Å². The summed E-state index contributed by atoms with van der Waals surface area (Å²) in [4.78, 5) is 34.8. The van der Waals surface area contributed by atoms with Crippen molar-refractivity contribution < 1.29 is 37.6 Å². The lowest BCUT2D eigenvalue weighted by molar-refractivity contribution is -0.161. The quantitative estimate of drug-likeness (QED) is 0.0272. The van der Waals surface area contributed by atoms with Gasteiger partial charge in [0.2, 0.25) is 0 Å². The molecule has 0 radical (unpaired) electrons. The van der Waals surface area contributed by atoms with Gasteiger partial charge >= 0.3 is 19.8 Å². The number of carbonyl (C=O) groups excluding carboxylic acids is 2. The molecule has 0 amide bonds. The normalized spacial score (nSPS) is 13.3. The van der Waals surface area contributed by atoms with Crippen molar-refractivity contribution in [2.75, 3.05) is 26.4 Å². The van der Waals surface area contributed by atoms with Gasteiger partial charge in [0.15, 0.2) is 6.10 Å². The van der Waals surface area contributed by atoms with Crippen molar-refractivity contribution in [2.45, 2.75) is 199 Å². The average Bonchev–Trinajstić information content (AvgIpc) is 3.11. The third-order valence-electron chi connectivity index (χ3n) is 8.96. The first kappa shape index (κ1) is 49.5. The molecule has 2 atom stereocenters. The first-order valence-corrected chi connectivity index (χ1v) is 22.3. The number of carbonyl (C=O) groups is 2. The first-order valence-electron chi connectivity index (χ1n) is 20.8. The predicted octanol–water partition coefficient (Wildman–Crippen LogP) is 11.6. The smallest absolute Gasteiger partial charge is 0.462 e. The number of esters is 2. The van der Waals surface area contributed by atoms with E-state index >= 15 is 0 Å². The van der Waals surface area contributed by atoms with Crippen LogP contribution in [-0.2, 0) is 32.7 Å². The maximum absolute atomic E-state index is 12.6. The Morgan fingerprint density at radius 1 is 0.627 bits per heavy atom. The van der Waals surface area contributed by atoms with Crippen LogP contribution in [0, 0.1) is 0 Å². The highest BCUT2D eigenvalue weighted by Crippen LogP contribution is 2.43. The standard InChI is InChI=1S/C41H78NO8P/c1-3-5-7-9-11-13-15-17-19-21-23-25-27-29-31-33-40(43)47-37-39(38-49-51(45,46)48-36-35-42)50-41(44)34-32-30-28-26-24-22-20-18-16-14-12-10-8-6-4-2/h3,14,16,39H,1,4-13,15,17-38,42H2,2H3,(H,45,46)/b16-14+/t39-/m1/s1. The van der Waals surface area contributed by atoms with E-state index in [-0.39, 0.29) is 38.6 Å². The highest BCUT2D eigenvalue weighted by atomic mass is 31.2. The summed E-state index contributed by atoms with van der Waals surface area (Å²) < 4.78 is 32.7. The van der Waals surface area contributed by atoms with Crippen LogP contribution < -0.4 is 5.73 Å². The first-order chi connectivity index (χ1) is 24.8. The van der Waals surface area contributed by atoms with E-state index in [1.807, 2.05) is 6.08 Å². The number of unbranched alkanes of at least 4 members (excludes halogenated alkanes) is 24. The van der Waals surface area contributed by atoms with E-state index in [1.54, 1.807) is 0 Å². The Labute approximate surface area is 312 Å². The second-order valence-corrected chi connectivity index (χ2v) is 15.4. The van der Waals surface area contributed by atoms with Gasteiger partial charge in [-0.25, -0.2) is 4.57 Å². The summed E-state index contributed by atoms with van der Waals surface area (Å²) in [6.45, 7) is 5.24. The lowest BCUT2D eigenvalue weighted by Crippen LogP contribution is -2.29. The minimum Gasteiger partial charge on any atom is -0.462 e. The lowest BCUT2D eigenvalue weighted by Gasteiger charge is -2.19. The Balaban J connectivity index is 4.15. The van der Waals surface area contributed by atoms with E-state index in [9.17, 15) is 19.0 Å². The molecule has 300 valence electrons.